The lowest BCUT2D eigenvalue weighted by Crippen LogP contribution is -2.75. The number of thioether (sulfide) groups is 4. The van der Waals surface area contributed by atoms with E-state index in [0.717, 1.165) is 53.3 Å². The zero-order chi connectivity index (χ0) is 91.5. The van der Waals surface area contributed by atoms with Gasteiger partial charge >= 0.3 is 6.03 Å². The van der Waals surface area contributed by atoms with Crippen molar-refractivity contribution in [2.45, 2.75) is 138 Å². The highest BCUT2D eigenvalue weighted by atomic mass is 32.2. The molecule has 4 aromatic heterocycles. The molecule has 10 aliphatic rings. The average Bonchev–Trinajstić information content (AvgIpc) is 0.912. The second kappa shape index (κ2) is 37.2. The van der Waals surface area contributed by atoms with Crippen molar-refractivity contribution in [2.24, 2.45) is 15.6 Å². The molecule has 0 saturated carbocycles. The van der Waals surface area contributed by atoms with Crippen LogP contribution in [0, 0.1) is 28.7 Å². The molecular formula is C77H82F4N20O22S5. The van der Waals surface area contributed by atoms with Crippen LogP contribution in [0.3, 0.4) is 0 Å². The van der Waals surface area contributed by atoms with Gasteiger partial charge in [-0.2, -0.15) is 8.42 Å². The lowest BCUT2D eigenvalue weighted by atomic mass is 9.66. The number of barbiturate groups is 1. The molecule has 10 aliphatic heterocycles. The fourth-order valence-corrected chi connectivity index (χ4v) is 21.9. The Kier molecular flexibility index (Phi) is 26.6. The van der Waals surface area contributed by atoms with Gasteiger partial charge in [0.25, 0.3) is 31.1 Å². The number of amides is 8. The van der Waals surface area contributed by atoms with Gasteiger partial charge in [-0.25, -0.2) is 22.4 Å². The zero-order valence-corrected chi connectivity index (χ0v) is 73.6. The number of hydrogen-bond acceptors (Lipinski definition) is 36. The summed E-state index contributed by atoms with van der Waals surface area (Å²) >= 11 is 3.87. The number of imide groups is 2. The van der Waals surface area contributed by atoms with Crippen LogP contribution in [0.25, 0.3) is 64.8 Å². The molecule has 3 N–H and O–H groups in total. The summed E-state index contributed by atoms with van der Waals surface area (Å²) in [6.45, 7) is 18.1. The molecule has 42 nitrogen and oxygen atoms in total. The van der Waals surface area contributed by atoms with Crippen LogP contribution in [0.5, 0.6) is 0 Å². The predicted molar refractivity (Wildman–Crippen MR) is 460 cm³/mol. The topological polar surface area (TPSA) is 523 Å². The van der Waals surface area contributed by atoms with Gasteiger partial charge in [-0.1, -0.05) is 77.9 Å². The number of rotatable bonds is 18. The number of nitrogens with one attached hydrogen (secondary N) is 2. The summed E-state index contributed by atoms with van der Waals surface area (Å²) in [5.74, 6) is -4.01. The number of hydrogen-bond donors (Lipinski definition) is 3. The summed E-state index contributed by atoms with van der Waals surface area (Å²) < 4.78 is 134. The van der Waals surface area contributed by atoms with Gasteiger partial charge in [0.1, 0.15) is 0 Å². The Bertz CT molecular complexity index is 6010. The second-order valence-electron chi connectivity index (χ2n) is 32.1. The number of azide groups is 2. The van der Waals surface area contributed by atoms with Gasteiger partial charge in [0.15, 0.2) is 70.8 Å². The summed E-state index contributed by atoms with van der Waals surface area (Å²) in [6.07, 6.45) is 0.651. The van der Waals surface area contributed by atoms with Crippen LogP contribution >= 0.6 is 47.0 Å². The maximum Gasteiger partial charge on any atom is 0.328 e. The van der Waals surface area contributed by atoms with Gasteiger partial charge in [-0.15, -0.1) is 0 Å². The normalized spacial score (nSPS) is 25.8. The van der Waals surface area contributed by atoms with Crippen molar-refractivity contribution < 1.29 is 120 Å². The molecule has 1 spiro atoms. The Morgan fingerprint density at radius 2 is 0.812 bits per heavy atom. The Hall–Kier alpha value is -11.1. The van der Waals surface area contributed by atoms with Gasteiger partial charge < -0.3 is 61.7 Å². The lowest BCUT2D eigenvalue weighted by molar-refractivity contribution is -0.153. The summed E-state index contributed by atoms with van der Waals surface area (Å²) in [5, 5.41) is 34.5. The molecule has 0 bridgehead atoms. The summed E-state index contributed by atoms with van der Waals surface area (Å²) in [7, 11) is -3.65. The number of carbonyl (C=O) groups excluding carboxylic acids is 10. The smallest absolute Gasteiger partial charge is 0.328 e. The maximum atomic E-state index is 16.2. The number of halogens is 4. The quantitative estimate of drug-likeness (QED) is 0.0137. The van der Waals surface area contributed by atoms with Crippen LogP contribution in [0.4, 0.5) is 87.6 Å². The Morgan fingerprint density at radius 3 is 1.15 bits per heavy atom. The number of anilines is 8. The van der Waals surface area contributed by atoms with Crippen molar-refractivity contribution in [1.82, 2.24) is 31.3 Å². The highest BCUT2D eigenvalue weighted by Crippen LogP contribution is 2.52. The van der Waals surface area contributed by atoms with E-state index in [0.29, 0.717) is 63.7 Å². The van der Waals surface area contributed by atoms with E-state index < -0.39 is 79.3 Å². The first-order valence-corrected chi connectivity index (χ1v) is 45.4. The fourth-order valence-electron chi connectivity index (χ4n) is 17.7. The molecule has 0 aliphatic carbocycles. The third-order valence-corrected chi connectivity index (χ3v) is 27.3. The number of nitrogens with zero attached hydrogens (tertiary/aromatic N) is 18. The van der Waals surface area contributed by atoms with Crippen LogP contribution in [0.2, 0.25) is 0 Å². The number of aliphatic hydroxyl groups excluding tert-OH is 1. The van der Waals surface area contributed by atoms with Gasteiger partial charge in [0.2, 0.25) is 34.1 Å². The molecule has 18 rings (SSSR count). The Morgan fingerprint density at radius 1 is 0.492 bits per heavy atom. The summed E-state index contributed by atoms with van der Waals surface area (Å²) in [4.78, 5) is 141. The molecule has 13 atom stereocenters. The molecule has 9 saturated heterocycles. The highest BCUT2D eigenvalue weighted by molar-refractivity contribution is 8.15. The van der Waals surface area contributed by atoms with Crippen LogP contribution in [-0.2, 0) is 49.3 Å². The van der Waals surface area contributed by atoms with Crippen LogP contribution < -0.4 is 49.8 Å². The maximum absolute atomic E-state index is 16.2. The van der Waals surface area contributed by atoms with E-state index in [4.69, 9.17) is 52.3 Å². The Labute approximate surface area is 739 Å². The van der Waals surface area contributed by atoms with Gasteiger partial charge in [-0.05, 0) is 96.3 Å². The van der Waals surface area contributed by atoms with Crippen molar-refractivity contribution in [3.8, 4) is 0 Å². The first kappa shape index (κ1) is 91.7. The average molecular weight is 1880 g/mol. The lowest BCUT2D eigenvalue weighted by Gasteiger charge is -2.55. The Balaban J connectivity index is 0.000000132. The summed E-state index contributed by atoms with van der Waals surface area (Å²) in [6, 6.07) is 4.18. The third kappa shape index (κ3) is 17.7. The number of fused-ring (bicyclic) bond motifs is 8. The zero-order valence-electron chi connectivity index (χ0n) is 69.5. The number of aromatic nitrogens is 4. The molecule has 4 aromatic carbocycles. The van der Waals surface area contributed by atoms with Crippen LogP contribution in [0.15, 0.2) is 52.6 Å². The number of carbonyl (C=O) groups is 10. The predicted octanol–water partition coefficient (Wildman–Crippen LogP) is 10.8. The van der Waals surface area contributed by atoms with E-state index in [1.807, 2.05) is 41.5 Å². The van der Waals surface area contributed by atoms with Crippen LogP contribution in [0.1, 0.15) is 92.0 Å². The largest absolute Gasteiger partial charge is 0.395 e. The molecule has 680 valence electrons. The van der Waals surface area contributed by atoms with Crippen molar-refractivity contribution in [3.05, 3.63) is 90.7 Å². The van der Waals surface area contributed by atoms with Gasteiger partial charge in [0.05, 0.1) is 129 Å². The standard InChI is InChI=1S/C22H21FN8O6S.C19H22FN3O7S2.C18H19FN6O4S.C18H20FN3O5S/c1-8-6-30-14-10(4-22(16(30)9(2)36-8)18(32)26-20(34)27-19(22)33)3-12-15(13(14)23)37-28-17(12)31-7-11(5-25-29-24)38-21(31)35;1-10-5-22(6-11(2)29-10)16-12(8-24)4-14-17(15(16)20)30-21-18(14)23-7-13(31-19(23)25)9-28-32(3,26)27;1-9-5-24(6-10(2)28-9)15-11(8-26)3-13-16(14(15)19)29-22-17(13)25-7-12(4-21-23-20)30-18(25)27;1-9-4-21(5-10(2)26-9)15-11(7-23)3-13-16(14(15)19)27-20-17(13)22-6-12(8-24)28-18(22)25/h3,8-9,11,16H,4-7H2,1-2H3,(H2,26,27,32,33,34);4,8,10-11,13H,5-7,9H2,1-3H3;3,8-10,12H,4-7H2,1-2H3;3,7,9-10,12,24H,4-6,8H2,1-2H3/t8-,9+,11+,16-;10-,11-,13-;9-,10-,12+;9-,10-,12-/m1111/s1. The van der Waals surface area contributed by atoms with E-state index in [9.17, 15) is 61.5 Å². The van der Waals surface area contributed by atoms with Crippen molar-refractivity contribution >= 4 is 205 Å². The molecule has 0 unspecified atom stereocenters. The highest BCUT2D eigenvalue weighted by Gasteiger charge is 2.64. The molecule has 8 aromatic rings. The number of morpholine rings is 4. The summed E-state index contributed by atoms with van der Waals surface area (Å²) in [5.41, 5.74) is 16.0. The van der Waals surface area contributed by atoms with E-state index in [1.165, 1.54) is 37.8 Å². The van der Waals surface area contributed by atoms with E-state index in [-0.39, 0.29) is 246 Å². The van der Waals surface area contributed by atoms with E-state index in [1.54, 1.807) is 39.5 Å². The molecule has 128 heavy (non-hydrogen) atoms. The third-order valence-electron chi connectivity index (χ3n) is 22.5. The fraction of sp³-hybridized carbons (Fsp3) is 0.506. The molecule has 9 fully saturated rings. The van der Waals surface area contributed by atoms with Gasteiger partial charge in [-0.3, -0.25) is 77.6 Å². The molecule has 51 heteroatoms. The molecule has 8 amide bonds. The number of urea groups is 1. The first-order chi connectivity index (χ1) is 61.1. The first-order valence-electron chi connectivity index (χ1n) is 40.1. The molecular weight excluding hydrogens is 1790 g/mol. The van der Waals surface area contributed by atoms with Crippen molar-refractivity contribution in [3.63, 3.8) is 0 Å². The number of aliphatic hydroxyl groups is 1. The van der Waals surface area contributed by atoms with Crippen molar-refractivity contribution in [1.29, 1.82) is 0 Å². The SMILES string of the molecule is C[C@@H]1CN(c2c(C=O)cc3c(N4C[C@H](CN=[N+]=[N-])SC4=O)noc3c2F)C[C@@H](C)O1.C[C@@H]1CN(c2c(C=O)cc3c(N4C[C@H](CO)SC4=O)noc3c2F)C[C@@H](C)O1.C[C@@H]1CN(c2c(C=O)cc3c(N4C[C@H](COS(C)(=O)=O)SC4=O)noc3c2F)C[C@@H](C)O1.C[C@@H]1CN2c3c(cc4c(N5C[C@H](CN=[N+]=[N-])SC5=O)noc4c3F)CC3(C(=O)NC(=O)NC3=O)[C@H]2[C@H](C)O1. The van der Waals surface area contributed by atoms with Gasteiger partial charge in [0, 0.05) is 129 Å². The van der Waals surface area contributed by atoms with Crippen LogP contribution in [-0.4, -0.2) is 272 Å². The minimum atomic E-state index is -3.65. The molecule has 0 radical (unpaired) electrons. The number of ether oxygens (including phenoxy) is 4. The minimum Gasteiger partial charge on any atom is -0.395 e. The van der Waals surface area contributed by atoms with E-state index in [2.05, 4.69) is 51.3 Å². The van der Waals surface area contributed by atoms with E-state index >= 15 is 17.6 Å². The number of benzene rings is 4. The monoisotopic (exact) mass is 1870 g/mol. The molecule has 14 heterocycles. The minimum absolute atomic E-state index is 0.0663. The second-order valence-corrected chi connectivity index (χ2v) is 38.7. The number of aldehydes is 3. The van der Waals surface area contributed by atoms with Crippen molar-refractivity contribution in [2.75, 3.05) is 144 Å².